The number of anilines is 1. The number of nitrogens with zero attached hydrogens (tertiary/aromatic N) is 3. The Labute approximate surface area is 178 Å². The second-order valence-electron chi connectivity index (χ2n) is 7.12. The van der Waals surface area contributed by atoms with E-state index >= 15 is 0 Å². The van der Waals surface area contributed by atoms with Crippen molar-refractivity contribution in [3.05, 3.63) is 65.7 Å². The summed E-state index contributed by atoms with van der Waals surface area (Å²) < 4.78 is 65.3. The number of alkyl halides is 3. The molecule has 31 heavy (non-hydrogen) atoms. The van der Waals surface area contributed by atoms with E-state index in [2.05, 4.69) is 0 Å². The Hall–Kier alpha value is -2.63. The first-order valence-electron chi connectivity index (χ1n) is 9.49. The van der Waals surface area contributed by atoms with E-state index in [1.165, 1.54) is 16.4 Å². The molecular weight excluding hydrogens is 435 g/mol. The summed E-state index contributed by atoms with van der Waals surface area (Å²) in [6, 6.07) is 12.0. The van der Waals surface area contributed by atoms with Crippen LogP contribution in [-0.4, -0.2) is 61.3 Å². The van der Waals surface area contributed by atoms with Crippen LogP contribution < -0.4 is 4.90 Å². The third-order valence-electron chi connectivity index (χ3n) is 5.17. The van der Waals surface area contributed by atoms with Gasteiger partial charge in [0, 0.05) is 31.9 Å². The van der Waals surface area contributed by atoms with Crippen LogP contribution in [0.4, 0.5) is 18.9 Å². The van der Waals surface area contributed by atoms with Crippen LogP contribution in [0.15, 0.2) is 54.6 Å². The van der Waals surface area contributed by atoms with Crippen molar-refractivity contribution in [2.45, 2.75) is 12.2 Å². The molecule has 1 unspecified atom stereocenters. The number of carbonyl (C=O) groups is 1. The van der Waals surface area contributed by atoms with E-state index in [1.807, 2.05) is 4.90 Å². The quantitative estimate of drug-likeness (QED) is 0.393. The summed E-state index contributed by atoms with van der Waals surface area (Å²) in [7, 11) is -3.82. The van der Waals surface area contributed by atoms with Crippen molar-refractivity contribution in [1.82, 2.24) is 9.37 Å². The third-order valence-corrected chi connectivity index (χ3v) is 7.06. The van der Waals surface area contributed by atoms with Gasteiger partial charge in [0.1, 0.15) is 0 Å². The fourth-order valence-corrected chi connectivity index (χ4v) is 5.14. The van der Waals surface area contributed by atoms with Crippen molar-refractivity contribution in [2.75, 3.05) is 36.8 Å². The van der Waals surface area contributed by atoms with Crippen LogP contribution in [0, 0.1) is 0 Å². The Bertz CT molecular complexity index is 977. The molecule has 1 heterocycles. The van der Waals surface area contributed by atoms with Gasteiger partial charge >= 0.3 is 6.18 Å². The van der Waals surface area contributed by atoms with Crippen molar-refractivity contribution in [2.24, 2.45) is 0 Å². The molecule has 1 aliphatic heterocycles. The SMILES string of the molecule is O=CN(O)C(CS(=O)(=O)N1CCN(c2ccc(C(F)(F)F)cc2)CC1)c1ccccc1. The maximum Gasteiger partial charge on any atom is 0.416 e. The van der Waals surface area contributed by atoms with Crippen LogP contribution >= 0.6 is 0 Å². The molecule has 1 saturated heterocycles. The lowest BCUT2D eigenvalue weighted by Crippen LogP contribution is -2.50. The molecule has 0 radical (unpaired) electrons. The third kappa shape index (κ3) is 5.54. The minimum atomic E-state index is -4.41. The number of hydrogen-bond acceptors (Lipinski definition) is 5. The van der Waals surface area contributed by atoms with Gasteiger partial charge in [-0.25, -0.2) is 13.5 Å². The summed E-state index contributed by atoms with van der Waals surface area (Å²) in [5.74, 6) is -0.494. The predicted octanol–water partition coefficient (Wildman–Crippen LogP) is 2.75. The van der Waals surface area contributed by atoms with Crippen molar-refractivity contribution < 1.29 is 31.6 Å². The van der Waals surface area contributed by atoms with Gasteiger partial charge in [0.25, 0.3) is 0 Å². The van der Waals surface area contributed by atoms with E-state index in [-0.39, 0.29) is 19.5 Å². The molecule has 7 nitrogen and oxygen atoms in total. The highest BCUT2D eigenvalue weighted by molar-refractivity contribution is 7.89. The first-order valence-corrected chi connectivity index (χ1v) is 11.1. The molecule has 168 valence electrons. The average Bonchev–Trinajstić information content (AvgIpc) is 2.77. The van der Waals surface area contributed by atoms with Gasteiger partial charge in [-0.3, -0.25) is 10.0 Å². The van der Waals surface area contributed by atoms with Crippen LogP contribution in [0.3, 0.4) is 0 Å². The number of hydrogen-bond donors (Lipinski definition) is 1. The lowest BCUT2D eigenvalue weighted by atomic mass is 10.1. The molecule has 1 fully saturated rings. The first-order chi connectivity index (χ1) is 14.6. The molecule has 1 aliphatic rings. The van der Waals surface area contributed by atoms with Crippen LogP contribution in [0.2, 0.25) is 0 Å². The summed E-state index contributed by atoms with van der Waals surface area (Å²) >= 11 is 0. The molecule has 2 aromatic rings. The van der Waals surface area contributed by atoms with E-state index in [0.29, 0.717) is 29.4 Å². The topological polar surface area (TPSA) is 81.2 Å². The number of sulfonamides is 1. The van der Waals surface area contributed by atoms with Gasteiger partial charge in [-0.05, 0) is 29.8 Å². The fraction of sp³-hybridized carbons (Fsp3) is 0.350. The van der Waals surface area contributed by atoms with E-state index in [9.17, 15) is 31.6 Å². The number of carbonyl (C=O) groups excluding carboxylic acids is 1. The Balaban J connectivity index is 1.67. The Kier molecular flexibility index (Phi) is 6.87. The van der Waals surface area contributed by atoms with Crippen LogP contribution in [0.5, 0.6) is 0 Å². The lowest BCUT2D eigenvalue weighted by Gasteiger charge is -2.36. The highest BCUT2D eigenvalue weighted by Gasteiger charge is 2.33. The molecular formula is C20H22F3N3O4S. The van der Waals surface area contributed by atoms with Gasteiger partial charge in [0.05, 0.1) is 17.4 Å². The van der Waals surface area contributed by atoms with E-state index < -0.39 is 33.6 Å². The molecule has 0 aliphatic carbocycles. The molecule has 0 bridgehead atoms. The molecule has 2 aromatic carbocycles. The number of hydroxylamine groups is 2. The number of rotatable bonds is 7. The maximum absolute atomic E-state index is 12.9. The zero-order valence-corrected chi connectivity index (χ0v) is 17.3. The van der Waals surface area contributed by atoms with Gasteiger partial charge in [0.2, 0.25) is 16.4 Å². The van der Waals surface area contributed by atoms with Gasteiger partial charge in [-0.15, -0.1) is 0 Å². The molecule has 11 heteroatoms. The average molecular weight is 457 g/mol. The molecule has 1 amide bonds. The second-order valence-corrected chi connectivity index (χ2v) is 9.13. The smallest absolute Gasteiger partial charge is 0.369 e. The van der Waals surface area contributed by atoms with Crippen molar-refractivity contribution >= 4 is 22.1 Å². The summed E-state index contributed by atoms with van der Waals surface area (Å²) in [6.07, 6.45) is -4.25. The Morgan fingerprint density at radius 1 is 1.00 bits per heavy atom. The Morgan fingerprint density at radius 3 is 2.10 bits per heavy atom. The summed E-state index contributed by atoms with van der Waals surface area (Å²) in [4.78, 5) is 12.9. The van der Waals surface area contributed by atoms with Gasteiger partial charge in [-0.2, -0.15) is 17.5 Å². The number of amides is 1. The van der Waals surface area contributed by atoms with Gasteiger partial charge in [-0.1, -0.05) is 30.3 Å². The first kappa shape index (κ1) is 23.0. The second kappa shape index (κ2) is 9.25. The largest absolute Gasteiger partial charge is 0.416 e. The molecule has 1 atom stereocenters. The van der Waals surface area contributed by atoms with Crippen LogP contribution in [0.25, 0.3) is 0 Å². The molecule has 1 N–H and O–H groups in total. The number of piperazine rings is 1. The maximum atomic E-state index is 12.9. The minimum Gasteiger partial charge on any atom is -0.369 e. The summed E-state index contributed by atoms with van der Waals surface area (Å²) in [5.41, 5.74) is 0.312. The highest BCUT2D eigenvalue weighted by atomic mass is 32.2. The molecule has 3 rings (SSSR count). The van der Waals surface area contributed by atoms with Crippen LogP contribution in [0.1, 0.15) is 17.2 Å². The molecule has 0 aromatic heterocycles. The zero-order valence-electron chi connectivity index (χ0n) is 16.4. The molecule has 0 spiro atoms. The highest BCUT2D eigenvalue weighted by Crippen LogP contribution is 2.31. The summed E-state index contributed by atoms with van der Waals surface area (Å²) in [6.45, 7) is 0.878. The lowest BCUT2D eigenvalue weighted by molar-refractivity contribution is -0.159. The normalized spacial score (nSPS) is 16.7. The van der Waals surface area contributed by atoms with Crippen molar-refractivity contribution in [3.63, 3.8) is 0 Å². The van der Waals surface area contributed by atoms with Crippen molar-refractivity contribution in [3.8, 4) is 0 Å². The van der Waals surface area contributed by atoms with Gasteiger partial charge < -0.3 is 4.90 Å². The number of benzene rings is 2. The van der Waals surface area contributed by atoms with E-state index in [1.54, 1.807) is 30.3 Å². The fourth-order valence-electron chi connectivity index (χ4n) is 3.46. The van der Waals surface area contributed by atoms with Crippen molar-refractivity contribution in [1.29, 1.82) is 0 Å². The minimum absolute atomic E-state index is 0.136. The predicted molar refractivity (Wildman–Crippen MR) is 108 cm³/mol. The summed E-state index contributed by atoms with van der Waals surface area (Å²) in [5, 5.41) is 10.2. The van der Waals surface area contributed by atoms with E-state index in [4.69, 9.17) is 0 Å². The molecule has 0 saturated carbocycles. The zero-order chi connectivity index (χ0) is 22.6. The standard InChI is InChI=1S/C20H22F3N3O4S/c21-20(22,23)17-6-8-18(9-7-17)24-10-12-25(13-11-24)31(29,30)14-19(26(28)15-27)16-4-2-1-3-5-16/h1-9,15,19,28H,10-14H2. The van der Waals surface area contributed by atoms with Gasteiger partial charge in [0.15, 0.2) is 0 Å². The Morgan fingerprint density at radius 2 is 1.58 bits per heavy atom. The number of halogens is 3. The monoisotopic (exact) mass is 457 g/mol. The van der Waals surface area contributed by atoms with Crippen LogP contribution in [-0.2, 0) is 21.0 Å². The van der Waals surface area contributed by atoms with E-state index in [0.717, 1.165) is 12.1 Å².